The number of rotatable bonds is 6. The minimum atomic E-state index is -2.18. The van der Waals surface area contributed by atoms with Gasteiger partial charge in [-0.05, 0) is 47.4 Å². The quantitative estimate of drug-likeness (QED) is 0.237. The molecule has 244 valence electrons. The molecule has 5 rings (SSSR count). The Morgan fingerprint density at radius 2 is 0.680 bits per heavy atom. The van der Waals surface area contributed by atoms with Crippen LogP contribution in [0.4, 0.5) is 0 Å². The summed E-state index contributed by atoms with van der Waals surface area (Å²) in [6, 6.07) is 34.7. The summed E-state index contributed by atoms with van der Waals surface area (Å²) in [7, 11) is 2.79. The number of hydrogen-bond acceptors (Lipinski definition) is 6. The molecule has 6 atom stereocenters. The molecule has 50 heavy (non-hydrogen) atoms. The van der Waals surface area contributed by atoms with Crippen molar-refractivity contribution in [3.05, 3.63) is 144 Å². The SMILES string of the molecule is COC1(c2ccccc2)C#CC(O)C#CC(O)C#CC(OC)(c2ccccc2)C#CC(O)(c2ccccc2)C#CC(O)(c2ccccc2)C#C1. The first kappa shape index (κ1) is 35.3. The summed E-state index contributed by atoms with van der Waals surface area (Å²) >= 11 is 0. The van der Waals surface area contributed by atoms with Crippen LogP contribution in [0.5, 0.6) is 0 Å². The van der Waals surface area contributed by atoms with Gasteiger partial charge in [0.1, 0.15) is 0 Å². The van der Waals surface area contributed by atoms with Crippen molar-refractivity contribution < 1.29 is 29.9 Å². The summed E-state index contributed by atoms with van der Waals surface area (Å²) in [5.74, 6) is 33.3. The molecular weight excluding hydrogens is 624 g/mol. The van der Waals surface area contributed by atoms with Gasteiger partial charge in [-0.15, -0.1) is 0 Å². The zero-order valence-electron chi connectivity index (χ0n) is 27.3. The Morgan fingerprint density at radius 1 is 0.400 bits per heavy atom. The molecule has 0 spiro atoms. The molecule has 0 amide bonds. The topological polar surface area (TPSA) is 99.4 Å². The minimum absolute atomic E-state index is 0.310. The molecule has 4 aromatic carbocycles. The van der Waals surface area contributed by atoms with Crippen LogP contribution < -0.4 is 0 Å². The van der Waals surface area contributed by atoms with Crippen LogP contribution in [0.3, 0.4) is 0 Å². The van der Waals surface area contributed by atoms with Gasteiger partial charge in [0, 0.05) is 36.5 Å². The molecule has 6 nitrogen and oxygen atoms in total. The number of aliphatic hydroxyl groups excluding tert-OH is 2. The first-order valence-corrected chi connectivity index (χ1v) is 15.5. The largest absolute Gasteiger partial charge is 0.369 e. The molecule has 0 saturated carbocycles. The monoisotopic (exact) mass is 656 g/mol. The standard InChI is InChI=1S/C44H32O6/c1-49-43(37-19-11-5-12-20-37)27-25-39(45)23-24-40(46)26-28-44(50-2,38-21-13-6-14-22-38)34-32-42(48,36-17-9-4-10-18-36)30-29-41(47,31-33-43)35-15-7-3-8-16-35/h3-22,39-40,45-48H,1-2H3. The highest BCUT2D eigenvalue weighted by molar-refractivity contribution is 5.53. The van der Waals surface area contributed by atoms with Gasteiger partial charge in [0.05, 0.1) is 0 Å². The maximum atomic E-state index is 12.2. The highest BCUT2D eigenvalue weighted by atomic mass is 16.5. The highest BCUT2D eigenvalue weighted by Crippen LogP contribution is 2.29. The highest BCUT2D eigenvalue weighted by Gasteiger charge is 2.34. The fourth-order valence-electron chi connectivity index (χ4n) is 4.95. The smallest absolute Gasteiger partial charge is 0.216 e. The molecule has 0 radical (unpaired) electrons. The Morgan fingerprint density at radius 3 is 0.980 bits per heavy atom. The van der Waals surface area contributed by atoms with E-state index in [1.54, 1.807) is 109 Å². The summed E-state index contributed by atoms with van der Waals surface area (Å²) in [5.41, 5.74) is -6.06. The van der Waals surface area contributed by atoms with Gasteiger partial charge in [-0.3, -0.25) is 0 Å². The van der Waals surface area contributed by atoms with Gasteiger partial charge < -0.3 is 29.9 Å². The second kappa shape index (κ2) is 15.5. The van der Waals surface area contributed by atoms with Crippen LogP contribution in [0.1, 0.15) is 22.3 Å². The van der Waals surface area contributed by atoms with Crippen LogP contribution in [0, 0.1) is 71.0 Å². The average molecular weight is 657 g/mol. The third-order valence-corrected chi connectivity index (χ3v) is 7.75. The van der Waals surface area contributed by atoms with Gasteiger partial charge in [-0.1, -0.05) is 145 Å². The van der Waals surface area contributed by atoms with Crippen molar-refractivity contribution in [1.82, 2.24) is 0 Å². The zero-order valence-corrected chi connectivity index (χ0v) is 27.3. The summed E-state index contributed by atoms with van der Waals surface area (Å²) in [6.45, 7) is 0. The maximum absolute atomic E-state index is 12.2. The van der Waals surface area contributed by atoms with Gasteiger partial charge in [-0.2, -0.15) is 0 Å². The van der Waals surface area contributed by atoms with Crippen molar-refractivity contribution in [3.8, 4) is 71.0 Å². The van der Waals surface area contributed by atoms with Crippen LogP contribution >= 0.6 is 0 Å². The summed E-state index contributed by atoms with van der Waals surface area (Å²) in [4.78, 5) is 0. The molecule has 1 aliphatic rings. The van der Waals surface area contributed by atoms with E-state index in [1.807, 2.05) is 12.1 Å². The van der Waals surface area contributed by atoms with E-state index in [1.165, 1.54) is 14.2 Å². The number of benzene rings is 4. The van der Waals surface area contributed by atoms with E-state index >= 15 is 0 Å². The number of ether oxygens (including phenoxy) is 2. The fraction of sp³-hybridized carbons (Fsp3) is 0.182. The first-order valence-electron chi connectivity index (χ1n) is 15.5. The third kappa shape index (κ3) is 7.99. The lowest BCUT2D eigenvalue weighted by Crippen LogP contribution is -2.30. The molecule has 0 aromatic heterocycles. The van der Waals surface area contributed by atoms with Crippen molar-refractivity contribution in [2.24, 2.45) is 0 Å². The Balaban J connectivity index is 1.85. The van der Waals surface area contributed by atoms with E-state index in [4.69, 9.17) is 9.47 Å². The van der Waals surface area contributed by atoms with Crippen molar-refractivity contribution in [2.45, 2.75) is 34.6 Å². The fourth-order valence-corrected chi connectivity index (χ4v) is 4.95. The summed E-state index contributed by atoms with van der Waals surface area (Å²) in [6.07, 6.45) is -3.06. The molecule has 4 aromatic rings. The van der Waals surface area contributed by atoms with Crippen LogP contribution in [-0.4, -0.2) is 46.9 Å². The van der Waals surface area contributed by atoms with Gasteiger partial charge in [0.15, 0.2) is 12.2 Å². The molecule has 4 N–H and O–H groups in total. The lowest BCUT2D eigenvalue weighted by Gasteiger charge is -2.24. The molecule has 0 heterocycles. The lowest BCUT2D eigenvalue weighted by molar-refractivity contribution is 0.0876. The van der Waals surface area contributed by atoms with Gasteiger partial charge in [0.25, 0.3) is 0 Å². The first-order chi connectivity index (χ1) is 24.2. The second-order valence-electron chi connectivity index (χ2n) is 11.0. The Labute approximate surface area is 292 Å². The Kier molecular flexibility index (Phi) is 10.9. The molecular formula is C44H32O6. The molecule has 0 saturated heterocycles. The van der Waals surface area contributed by atoms with Gasteiger partial charge >= 0.3 is 0 Å². The number of aliphatic hydroxyl groups is 4. The zero-order chi connectivity index (χ0) is 35.5. The lowest BCUT2D eigenvalue weighted by atomic mass is 9.87. The number of methoxy groups -OCH3 is 2. The van der Waals surface area contributed by atoms with Gasteiger partial charge in [-0.25, -0.2) is 0 Å². The maximum Gasteiger partial charge on any atom is 0.216 e. The Bertz CT molecular complexity index is 2030. The van der Waals surface area contributed by atoms with E-state index in [9.17, 15) is 20.4 Å². The van der Waals surface area contributed by atoms with Crippen LogP contribution in [-0.2, 0) is 31.9 Å². The molecule has 0 fully saturated rings. The van der Waals surface area contributed by atoms with Crippen molar-refractivity contribution >= 4 is 0 Å². The van der Waals surface area contributed by atoms with Crippen molar-refractivity contribution in [3.63, 3.8) is 0 Å². The third-order valence-electron chi connectivity index (χ3n) is 7.75. The van der Waals surface area contributed by atoms with Gasteiger partial charge in [0.2, 0.25) is 22.4 Å². The van der Waals surface area contributed by atoms with E-state index < -0.39 is 34.6 Å². The van der Waals surface area contributed by atoms with Crippen LogP contribution in [0.15, 0.2) is 121 Å². The van der Waals surface area contributed by atoms with Crippen molar-refractivity contribution in [1.29, 1.82) is 0 Å². The normalized spacial score (nSPS) is 27.1. The predicted octanol–water partition coefficient (Wildman–Crippen LogP) is 3.60. The molecule has 6 unspecified atom stereocenters. The van der Waals surface area contributed by atoms with E-state index in [0.717, 1.165) is 0 Å². The predicted molar refractivity (Wildman–Crippen MR) is 190 cm³/mol. The van der Waals surface area contributed by atoms with E-state index in [-0.39, 0.29) is 0 Å². The molecule has 0 aliphatic heterocycles. The molecule has 1 aliphatic carbocycles. The number of hydrogen-bond donors (Lipinski definition) is 4. The second-order valence-corrected chi connectivity index (χ2v) is 11.0. The van der Waals surface area contributed by atoms with Crippen LogP contribution in [0.25, 0.3) is 0 Å². The summed E-state index contributed by atoms with van der Waals surface area (Å²) < 4.78 is 11.7. The Hall–Kier alpha value is -6.00. The minimum Gasteiger partial charge on any atom is -0.369 e. The average Bonchev–Trinajstić information content (AvgIpc) is 3.18. The van der Waals surface area contributed by atoms with Crippen LogP contribution in [0.2, 0.25) is 0 Å². The molecule has 6 heteroatoms. The molecule has 0 bridgehead atoms. The van der Waals surface area contributed by atoms with E-state index in [2.05, 4.69) is 71.0 Å². The summed E-state index contributed by atoms with van der Waals surface area (Å²) in [5, 5.41) is 45.9. The van der Waals surface area contributed by atoms with E-state index in [0.29, 0.717) is 22.3 Å². The van der Waals surface area contributed by atoms with Crippen molar-refractivity contribution in [2.75, 3.05) is 14.2 Å².